The van der Waals surface area contributed by atoms with Gasteiger partial charge in [-0.25, -0.2) is 0 Å². The van der Waals surface area contributed by atoms with E-state index in [1.807, 2.05) is 0 Å². The normalized spacial score (nSPS) is 20.5. The highest BCUT2D eigenvalue weighted by Gasteiger charge is 2.30. The van der Waals surface area contributed by atoms with Crippen molar-refractivity contribution >= 4 is 23.2 Å². The lowest BCUT2D eigenvalue weighted by Gasteiger charge is -2.16. The molecule has 16 heavy (non-hydrogen) atoms. The zero-order valence-corrected chi connectivity index (χ0v) is 9.31. The smallest absolute Gasteiger partial charge is 0.227 e. The summed E-state index contributed by atoms with van der Waals surface area (Å²) in [6.07, 6.45) is 0.347. The standard InChI is InChI=1S/C11H12ClNO3/c12-9-2-1-8(4-10(9)15)13-5-7(6-14)3-11(13)16/h1-2,4,7,14-15H,3,5-6H2. The molecule has 1 aliphatic heterocycles. The zero-order valence-electron chi connectivity index (χ0n) is 8.56. The average Bonchev–Trinajstić information content (AvgIpc) is 2.64. The van der Waals surface area contributed by atoms with Crippen LogP contribution in [0.2, 0.25) is 5.02 Å². The van der Waals surface area contributed by atoms with Gasteiger partial charge in [0.25, 0.3) is 0 Å². The van der Waals surface area contributed by atoms with Crippen LogP contribution in [0.5, 0.6) is 5.75 Å². The summed E-state index contributed by atoms with van der Waals surface area (Å²) < 4.78 is 0. The quantitative estimate of drug-likeness (QED) is 0.823. The minimum absolute atomic E-state index is 0.00180. The summed E-state index contributed by atoms with van der Waals surface area (Å²) in [5, 5.41) is 18.7. The maximum Gasteiger partial charge on any atom is 0.227 e. The maximum absolute atomic E-state index is 11.6. The molecule has 4 nitrogen and oxygen atoms in total. The Labute approximate surface area is 98.1 Å². The van der Waals surface area contributed by atoms with Gasteiger partial charge in [-0.3, -0.25) is 4.79 Å². The minimum Gasteiger partial charge on any atom is -0.506 e. The van der Waals surface area contributed by atoms with Crippen molar-refractivity contribution in [1.82, 2.24) is 0 Å². The van der Waals surface area contributed by atoms with Gasteiger partial charge in [0.1, 0.15) is 5.75 Å². The molecular weight excluding hydrogens is 230 g/mol. The van der Waals surface area contributed by atoms with E-state index in [2.05, 4.69) is 0 Å². The van der Waals surface area contributed by atoms with Gasteiger partial charge >= 0.3 is 0 Å². The Morgan fingerprint density at radius 1 is 1.50 bits per heavy atom. The van der Waals surface area contributed by atoms with Crippen LogP contribution in [0.4, 0.5) is 5.69 Å². The second-order valence-corrected chi connectivity index (χ2v) is 4.30. The molecule has 1 aliphatic rings. The molecule has 1 amide bonds. The Balaban J connectivity index is 2.24. The third kappa shape index (κ3) is 1.99. The number of hydrogen-bond acceptors (Lipinski definition) is 3. The molecule has 86 valence electrons. The number of anilines is 1. The highest BCUT2D eigenvalue weighted by Crippen LogP contribution is 2.31. The SMILES string of the molecule is O=C1CC(CO)CN1c1ccc(Cl)c(O)c1. The number of aromatic hydroxyl groups is 1. The molecule has 1 aromatic carbocycles. The Morgan fingerprint density at radius 3 is 2.81 bits per heavy atom. The first-order valence-electron chi connectivity index (χ1n) is 5.01. The van der Waals surface area contributed by atoms with Crippen LogP contribution < -0.4 is 4.90 Å². The Kier molecular flexibility index (Phi) is 3.03. The number of halogens is 1. The highest BCUT2D eigenvalue weighted by atomic mass is 35.5. The largest absolute Gasteiger partial charge is 0.506 e. The number of amides is 1. The van der Waals surface area contributed by atoms with Crippen molar-refractivity contribution in [2.45, 2.75) is 6.42 Å². The molecule has 1 aromatic rings. The molecular formula is C11H12ClNO3. The fraction of sp³-hybridized carbons (Fsp3) is 0.364. The molecule has 1 heterocycles. The molecule has 0 saturated carbocycles. The third-order valence-electron chi connectivity index (χ3n) is 2.70. The monoisotopic (exact) mass is 241 g/mol. The number of carbonyl (C=O) groups is 1. The van der Waals surface area contributed by atoms with E-state index in [1.54, 1.807) is 17.0 Å². The lowest BCUT2D eigenvalue weighted by Crippen LogP contribution is -2.24. The number of benzene rings is 1. The van der Waals surface area contributed by atoms with E-state index in [4.69, 9.17) is 16.7 Å². The van der Waals surface area contributed by atoms with Crippen molar-refractivity contribution < 1.29 is 15.0 Å². The number of aliphatic hydroxyl groups is 1. The van der Waals surface area contributed by atoms with Crippen molar-refractivity contribution in [3.63, 3.8) is 0 Å². The van der Waals surface area contributed by atoms with E-state index in [9.17, 15) is 9.90 Å². The number of aliphatic hydroxyl groups excluding tert-OH is 1. The van der Waals surface area contributed by atoms with Crippen molar-refractivity contribution in [2.24, 2.45) is 5.92 Å². The number of hydrogen-bond donors (Lipinski definition) is 2. The Hall–Kier alpha value is -1.26. The summed E-state index contributed by atoms with van der Waals surface area (Å²) in [5.41, 5.74) is 0.614. The van der Waals surface area contributed by atoms with E-state index >= 15 is 0 Å². The summed E-state index contributed by atoms with van der Waals surface area (Å²) in [6.45, 7) is 0.484. The van der Waals surface area contributed by atoms with Crippen molar-refractivity contribution in [3.8, 4) is 5.75 Å². The third-order valence-corrected chi connectivity index (χ3v) is 3.02. The van der Waals surface area contributed by atoms with Crippen LogP contribution >= 0.6 is 11.6 Å². The highest BCUT2D eigenvalue weighted by molar-refractivity contribution is 6.32. The van der Waals surface area contributed by atoms with E-state index in [0.29, 0.717) is 18.7 Å². The minimum atomic E-state index is -0.0422. The van der Waals surface area contributed by atoms with Crippen LogP contribution in [-0.2, 0) is 4.79 Å². The van der Waals surface area contributed by atoms with Gasteiger partial charge in [-0.2, -0.15) is 0 Å². The Bertz CT molecular complexity index is 422. The summed E-state index contributed by atoms with van der Waals surface area (Å²) >= 11 is 5.69. The first-order chi connectivity index (χ1) is 7.61. The zero-order chi connectivity index (χ0) is 11.7. The molecule has 0 spiro atoms. The number of carbonyl (C=O) groups excluding carboxylic acids is 1. The topological polar surface area (TPSA) is 60.8 Å². The fourth-order valence-electron chi connectivity index (χ4n) is 1.82. The summed E-state index contributed by atoms with van der Waals surface area (Å²) in [5.74, 6) is -0.106. The van der Waals surface area contributed by atoms with Gasteiger partial charge in [0.2, 0.25) is 5.91 Å². The van der Waals surface area contributed by atoms with Crippen molar-refractivity contribution in [3.05, 3.63) is 23.2 Å². The molecule has 2 rings (SSSR count). The van der Waals surface area contributed by atoms with E-state index in [0.717, 1.165) is 0 Å². The second-order valence-electron chi connectivity index (χ2n) is 3.89. The predicted octanol–water partition coefficient (Wildman–Crippen LogP) is 1.39. The first-order valence-corrected chi connectivity index (χ1v) is 5.39. The van der Waals surface area contributed by atoms with Gasteiger partial charge in [0.15, 0.2) is 0 Å². The van der Waals surface area contributed by atoms with E-state index in [-0.39, 0.29) is 29.2 Å². The van der Waals surface area contributed by atoms with Crippen LogP contribution in [0.1, 0.15) is 6.42 Å². The van der Waals surface area contributed by atoms with E-state index in [1.165, 1.54) is 6.07 Å². The van der Waals surface area contributed by atoms with Gasteiger partial charge in [0.05, 0.1) is 5.02 Å². The fourth-order valence-corrected chi connectivity index (χ4v) is 1.94. The van der Waals surface area contributed by atoms with Crippen LogP contribution in [0, 0.1) is 5.92 Å². The lowest BCUT2D eigenvalue weighted by atomic mass is 10.1. The molecule has 0 radical (unpaired) electrons. The number of phenolic OH excluding ortho intramolecular Hbond substituents is 1. The molecule has 5 heteroatoms. The second kappa shape index (κ2) is 4.31. The predicted molar refractivity (Wildman–Crippen MR) is 60.7 cm³/mol. The maximum atomic E-state index is 11.6. The number of phenols is 1. The molecule has 1 fully saturated rings. The number of nitrogens with zero attached hydrogens (tertiary/aromatic N) is 1. The summed E-state index contributed by atoms with van der Waals surface area (Å²) in [7, 11) is 0. The van der Waals surface area contributed by atoms with Crippen LogP contribution in [0.3, 0.4) is 0 Å². The molecule has 1 atom stereocenters. The van der Waals surface area contributed by atoms with Gasteiger partial charge in [-0.05, 0) is 12.1 Å². The Morgan fingerprint density at radius 2 is 2.25 bits per heavy atom. The van der Waals surface area contributed by atoms with Crippen LogP contribution in [0.25, 0.3) is 0 Å². The van der Waals surface area contributed by atoms with Crippen molar-refractivity contribution in [2.75, 3.05) is 18.1 Å². The van der Waals surface area contributed by atoms with E-state index < -0.39 is 0 Å². The average molecular weight is 242 g/mol. The number of rotatable bonds is 2. The molecule has 0 aliphatic carbocycles. The molecule has 0 aromatic heterocycles. The molecule has 0 bridgehead atoms. The molecule has 2 N–H and O–H groups in total. The van der Waals surface area contributed by atoms with Gasteiger partial charge < -0.3 is 15.1 Å². The molecule has 1 saturated heterocycles. The van der Waals surface area contributed by atoms with Crippen LogP contribution in [-0.4, -0.2) is 29.3 Å². The van der Waals surface area contributed by atoms with Crippen LogP contribution in [0.15, 0.2) is 18.2 Å². The molecule has 1 unspecified atom stereocenters. The first kappa shape index (κ1) is 11.2. The summed E-state index contributed by atoms with van der Waals surface area (Å²) in [6, 6.07) is 4.69. The van der Waals surface area contributed by atoms with Crippen molar-refractivity contribution in [1.29, 1.82) is 0 Å². The lowest BCUT2D eigenvalue weighted by molar-refractivity contribution is -0.117. The summed E-state index contributed by atoms with van der Waals surface area (Å²) in [4.78, 5) is 13.2. The van der Waals surface area contributed by atoms with Gasteiger partial charge in [-0.1, -0.05) is 11.6 Å². The van der Waals surface area contributed by atoms with Gasteiger partial charge in [0, 0.05) is 37.2 Å². The van der Waals surface area contributed by atoms with Gasteiger partial charge in [-0.15, -0.1) is 0 Å².